The van der Waals surface area contributed by atoms with E-state index in [0.29, 0.717) is 11.8 Å². The second-order valence-corrected chi connectivity index (χ2v) is 9.01. The van der Waals surface area contributed by atoms with Gasteiger partial charge in [0.1, 0.15) is 0 Å². The number of fused-ring (bicyclic) bond motifs is 3. The third-order valence-electron chi connectivity index (χ3n) is 6.09. The van der Waals surface area contributed by atoms with Crippen LogP contribution < -0.4 is 5.32 Å². The summed E-state index contributed by atoms with van der Waals surface area (Å²) in [6.45, 7) is 3.95. The van der Waals surface area contributed by atoms with Crippen molar-refractivity contribution in [2.45, 2.75) is 38.1 Å². The molecule has 0 spiro atoms. The molecule has 4 heteroatoms. The lowest BCUT2D eigenvalue weighted by atomic mass is 9.78. The van der Waals surface area contributed by atoms with Gasteiger partial charge < -0.3 is 10.2 Å². The van der Waals surface area contributed by atoms with Crippen LogP contribution in [0.1, 0.15) is 56.9 Å². The molecule has 1 N–H and O–H groups in total. The Kier molecular flexibility index (Phi) is 3.89. The topological polar surface area (TPSA) is 32.3 Å². The van der Waals surface area contributed by atoms with Crippen LogP contribution in [-0.2, 0) is 0 Å². The third-order valence-corrected chi connectivity index (χ3v) is 7.17. The molecule has 2 aromatic rings. The van der Waals surface area contributed by atoms with Gasteiger partial charge in [0.2, 0.25) is 0 Å². The van der Waals surface area contributed by atoms with Crippen LogP contribution in [0.15, 0.2) is 42.5 Å². The van der Waals surface area contributed by atoms with Gasteiger partial charge in [-0.2, -0.15) is 0 Å². The number of amides is 1. The molecule has 1 aromatic heterocycles. The highest BCUT2D eigenvalue weighted by Crippen LogP contribution is 2.51. The molecule has 3 aliphatic rings. The van der Waals surface area contributed by atoms with E-state index in [2.05, 4.69) is 48.7 Å². The van der Waals surface area contributed by atoms with Crippen molar-refractivity contribution >= 4 is 22.9 Å². The molecule has 2 aliphatic heterocycles. The number of anilines is 1. The number of carbonyl (C=O) groups excluding carboxylic acids is 1. The molecule has 0 saturated carbocycles. The maximum Gasteiger partial charge on any atom is 0.255 e. The maximum atomic E-state index is 13.1. The highest BCUT2D eigenvalue weighted by atomic mass is 32.1. The number of para-hydroxylation sites is 1. The predicted octanol–water partition coefficient (Wildman–Crippen LogP) is 5.12. The summed E-state index contributed by atoms with van der Waals surface area (Å²) in [5.74, 6) is 1.14. The number of likely N-dealkylation sites (tertiary alicyclic amines) is 1. The average Bonchev–Trinajstić information content (AvgIpc) is 3.40. The van der Waals surface area contributed by atoms with Crippen molar-refractivity contribution in [1.29, 1.82) is 0 Å². The highest BCUT2D eigenvalue weighted by Gasteiger charge is 2.40. The number of thiophene rings is 1. The van der Waals surface area contributed by atoms with Crippen molar-refractivity contribution in [1.82, 2.24) is 4.90 Å². The summed E-state index contributed by atoms with van der Waals surface area (Å²) in [7, 11) is 0. The van der Waals surface area contributed by atoms with Gasteiger partial charge in [0.25, 0.3) is 5.91 Å². The minimum Gasteiger partial charge on any atom is -0.376 e. The first-order valence-electron chi connectivity index (χ1n) is 9.64. The van der Waals surface area contributed by atoms with E-state index in [1.807, 2.05) is 22.3 Å². The Morgan fingerprint density at radius 1 is 1.19 bits per heavy atom. The highest BCUT2D eigenvalue weighted by molar-refractivity contribution is 7.12. The summed E-state index contributed by atoms with van der Waals surface area (Å²) in [5, 5.41) is 3.79. The lowest BCUT2D eigenvalue weighted by Crippen LogP contribution is -2.33. The van der Waals surface area contributed by atoms with Crippen LogP contribution >= 0.6 is 11.3 Å². The first-order chi connectivity index (χ1) is 12.7. The van der Waals surface area contributed by atoms with E-state index >= 15 is 0 Å². The lowest BCUT2D eigenvalue weighted by molar-refractivity contribution is 0.0793. The number of benzene rings is 1. The standard InChI is InChI=1S/C22H24N2OS/c1-14-10-11-19(26-14)21-17-8-4-6-15(17)16-7-5-9-18(20(16)23-21)22(25)24-12-2-3-13-24/h4-7,9-11,15,17,21,23H,2-3,8,12-13H2,1H3. The number of nitrogens with zero attached hydrogens (tertiary/aromatic N) is 1. The van der Waals surface area contributed by atoms with Gasteiger partial charge in [-0.05, 0) is 55.9 Å². The van der Waals surface area contributed by atoms with Crippen molar-refractivity contribution in [3.8, 4) is 0 Å². The van der Waals surface area contributed by atoms with Crippen molar-refractivity contribution < 1.29 is 4.79 Å². The fourth-order valence-electron chi connectivity index (χ4n) is 4.79. The number of rotatable bonds is 2. The van der Waals surface area contributed by atoms with Crippen LogP contribution in [0.5, 0.6) is 0 Å². The van der Waals surface area contributed by atoms with Gasteiger partial charge >= 0.3 is 0 Å². The average molecular weight is 365 g/mol. The second kappa shape index (κ2) is 6.27. The molecule has 1 amide bonds. The monoisotopic (exact) mass is 364 g/mol. The summed E-state index contributed by atoms with van der Waals surface area (Å²) < 4.78 is 0. The van der Waals surface area contributed by atoms with Crippen LogP contribution in [0.4, 0.5) is 5.69 Å². The van der Waals surface area contributed by atoms with Gasteiger partial charge in [-0.1, -0.05) is 24.3 Å². The van der Waals surface area contributed by atoms with Crippen molar-refractivity contribution in [3.63, 3.8) is 0 Å². The van der Waals surface area contributed by atoms with Crippen molar-refractivity contribution in [2.24, 2.45) is 5.92 Å². The molecule has 0 bridgehead atoms. The van der Waals surface area contributed by atoms with E-state index in [-0.39, 0.29) is 11.9 Å². The number of hydrogen-bond acceptors (Lipinski definition) is 3. The minimum atomic E-state index is 0.188. The molecular weight excluding hydrogens is 340 g/mol. The van der Waals surface area contributed by atoms with Gasteiger partial charge in [-0.25, -0.2) is 0 Å². The van der Waals surface area contributed by atoms with E-state index in [0.717, 1.165) is 43.6 Å². The van der Waals surface area contributed by atoms with E-state index in [4.69, 9.17) is 0 Å². The SMILES string of the molecule is Cc1ccc(C2Nc3c(C(=O)N4CCCC4)cccc3C3C=CCC32)s1. The largest absolute Gasteiger partial charge is 0.376 e. The van der Waals surface area contributed by atoms with Crippen LogP contribution in [-0.4, -0.2) is 23.9 Å². The Bertz CT molecular complexity index is 878. The van der Waals surface area contributed by atoms with Gasteiger partial charge in [0, 0.05) is 28.8 Å². The Hall–Kier alpha value is -2.07. The molecule has 5 rings (SSSR count). The maximum absolute atomic E-state index is 13.1. The van der Waals surface area contributed by atoms with E-state index in [1.54, 1.807) is 0 Å². The van der Waals surface area contributed by atoms with Gasteiger partial charge in [-0.3, -0.25) is 4.79 Å². The van der Waals surface area contributed by atoms with Crippen molar-refractivity contribution in [2.75, 3.05) is 18.4 Å². The number of nitrogens with one attached hydrogen (secondary N) is 1. The van der Waals surface area contributed by atoms with E-state index in [1.165, 1.54) is 15.3 Å². The normalized spacial score (nSPS) is 26.5. The number of carbonyl (C=O) groups is 1. The summed E-state index contributed by atoms with van der Waals surface area (Å²) in [6, 6.07) is 11.0. The molecule has 1 aromatic carbocycles. The second-order valence-electron chi connectivity index (χ2n) is 7.69. The number of hydrogen-bond donors (Lipinski definition) is 1. The molecule has 134 valence electrons. The zero-order valence-electron chi connectivity index (χ0n) is 15.1. The Balaban J connectivity index is 1.58. The zero-order valence-corrected chi connectivity index (χ0v) is 15.9. The summed E-state index contributed by atoms with van der Waals surface area (Å²) in [6.07, 6.45) is 8.01. The fraction of sp³-hybridized carbons (Fsp3) is 0.409. The molecule has 1 fully saturated rings. The van der Waals surface area contributed by atoms with Crippen LogP contribution in [0.2, 0.25) is 0 Å². The molecule has 3 unspecified atom stereocenters. The van der Waals surface area contributed by atoms with Crippen LogP contribution in [0.25, 0.3) is 0 Å². The third kappa shape index (κ3) is 2.50. The van der Waals surface area contributed by atoms with Gasteiger partial charge in [0.05, 0.1) is 17.3 Å². The predicted molar refractivity (Wildman–Crippen MR) is 107 cm³/mol. The molecular formula is C22H24N2OS. The molecule has 1 aliphatic carbocycles. The lowest BCUT2D eigenvalue weighted by Gasteiger charge is -2.38. The fourth-order valence-corrected chi connectivity index (χ4v) is 5.80. The van der Waals surface area contributed by atoms with Gasteiger partial charge in [0.15, 0.2) is 0 Å². The smallest absolute Gasteiger partial charge is 0.255 e. The summed E-state index contributed by atoms with van der Waals surface area (Å²) >= 11 is 1.87. The molecule has 3 atom stereocenters. The first-order valence-corrected chi connectivity index (χ1v) is 10.5. The molecule has 0 radical (unpaired) electrons. The van der Waals surface area contributed by atoms with Gasteiger partial charge in [-0.15, -0.1) is 11.3 Å². The minimum absolute atomic E-state index is 0.188. The van der Waals surface area contributed by atoms with Crippen LogP contribution in [0.3, 0.4) is 0 Å². The molecule has 3 nitrogen and oxygen atoms in total. The summed E-state index contributed by atoms with van der Waals surface area (Å²) in [4.78, 5) is 17.9. The molecule has 3 heterocycles. The van der Waals surface area contributed by atoms with Crippen LogP contribution in [0, 0.1) is 12.8 Å². The summed E-state index contributed by atoms with van der Waals surface area (Å²) in [5.41, 5.74) is 3.20. The number of allylic oxidation sites excluding steroid dienone is 2. The Morgan fingerprint density at radius 2 is 2.04 bits per heavy atom. The molecule has 1 saturated heterocycles. The molecule has 26 heavy (non-hydrogen) atoms. The number of aryl methyl sites for hydroxylation is 1. The Labute approximate surface area is 158 Å². The quantitative estimate of drug-likeness (QED) is 0.750. The van der Waals surface area contributed by atoms with E-state index < -0.39 is 0 Å². The first kappa shape index (κ1) is 16.1. The van der Waals surface area contributed by atoms with Crippen molar-refractivity contribution in [3.05, 3.63) is 63.4 Å². The van der Waals surface area contributed by atoms with E-state index in [9.17, 15) is 4.79 Å². The zero-order chi connectivity index (χ0) is 17.7. The Morgan fingerprint density at radius 3 is 2.81 bits per heavy atom.